The van der Waals surface area contributed by atoms with Gasteiger partial charge in [0, 0.05) is 19.1 Å². The van der Waals surface area contributed by atoms with Crippen molar-refractivity contribution in [1.82, 2.24) is 4.90 Å². The Kier molecular flexibility index (Phi) is 7.34. The van der Waals surface area contributed by atoms with Crippen molar-refractivity contribution in [3.63, 3.8) is 0 Å². The lowest BCUT2D eigenvalue weighted by Gasteiger charge is -2.36. The van der Waals surface area contributed by atoms with E-state index in [4.69, 9.17) is 5.73 Å². The van der Waals surface area contributed by atoms with Crippen LogP contribution in [0.4, 0.5) is 0 Å². The number of rotatable bonds is 8. The van der Waals surface area contributed by atoms with E-state index in [0.717, 1.165) is 19.4 Å². The largest absolute Gasteiger partial charge is 0.480 e. The zero-order valence-corrected chi connectivity index (χ0v) is 10.9. The summed E-state index contributed by atoms with van der Waals surface area (Å²) in [5.74, 6) is -0.357. The molecular weight excluding hydrogens is 204 g/mol. The highest BCUT2D eigenvalue weighted by atomic mass is 16.4. The number of nitrogens with two attached hydrogens (primary N) is 1. The summed E-state index contributed by atoms with van der Waals surface area (Å²) in [6.07, 6.45) is 1.93. The van der Waals surface area contributed by atoms with E-state index in [1.165, 1.54) is 0 Å². The van der Waals surface area contributed by atoms with Gasteiger partial charge in [0.1, 0.15) is 6.04 Å². The van der Waals surface area contributed by atoms with Crippen LogP contribution in [0.25, 0.3) is 0 Å². The van der Waals surface area contributed by atoms with E-state index in [9.17, 15) is 9.90 Å². The minimum absolute atomic E-state index is 0.179. The summed E-state index contributed by atoms with van der Waals surface area (Å²) in [6, 6.07) is -0.237. The Bertz CT molecular complexity index is 203. The SMILES string of the molecule is CCC(CC)N(CC(C)C)C(CN)C(=O)O. The van der Waals surface area contributed by atoms with E-state index in [1.807, 2.05) is 4.90 Å². The Hall–Kier alpha value is -0.610. The maximum atomic E-state index is 11.2. The molecule has 0 rings (SSSR count). The Labute approximate surface area is 98.8 Å². The van der Waals surface area contributed by atoms with Crippen LogP contribution in [0.2, 0.25) is 0 Å². The first-order chi connectivity index (χ1) is 7.47. The minimum atomic E-state index is -0.810. The maximum Gasteiger partial charge on any atom is 0.322 e. The highest BCUT2D eigenvalue weighted by Crippen LogP contribution is 2.15. The molecule has 0 amide bonds. The normalized spacial score (nSPS) is 13.8. The van der Waals surface area contributed by atoms with E-state index < -0.39 is 12.0 Å². The number of hydrogen-bond donors (Lipinski definition) is 2. The molecule has 0 saturated carbocycles. The smallest absolute Gasteiger partial charge is 0.322 e. The topological polar surface area (TPSA) is 66.6 Å². The highest BCUT2D eigenvalue weighted by molar-refractivity contribution is 5.73. The average Bonchev–Trinajstić information content (AvgIpc) is 2.18. The second-order valence-electron chi connectivity index (χ2n) is 4.65. The average molecular weight is 230 g/mol. The van der Waals surface area contributed by atoms with Crippen LogP contribution in [0.1, 0.15) is 40.5 Å². The second kappa shape index (κ2) is 7.63. The molecule has 0 aromatic rings. The van der Waals surface area contributed by atoms with Crippen molar-refractivity contribution in [2.45, 2.75) is 52.6 Å². The monoisotopic (exact) mass is 230 g/mol. The van der Waals surface area contributed by atoms with E-state index in [-0.39, 0.29) is 6.54 Å². The molecule has 0 heterocycles. The van der Waals surface area contributed by atoms with E-state index in [1.54, 1.807) is 0 Å². The molecule has 1 unspecified atom stereocenters. The van der Waals surface area contributed by atoms with Gasteiger partial charge in [-0.15, -0.1) is 0 Å². The van der Waals surface area contributed by atoms with Crippen molar-refractivity contribution in [1.29, 1.82) is 0 Å². The first-order valence-corrected chi connectivity index (χ1v) is 6.16. The molecule has 0 bridgehead atoms. The van der Waals surface area contributed by atoms with Gasteiger partial charge in [0.05, 0.1) is 0 Å². The molecule has 96 valence electrons. The Morgan fingerprint density at radius 1 is 1.31 bits per heavy atom. The predicted octanol–water partition coefficient (Wildman–Crippen LogP) is 1.54. The van der Waals surface area contributed by atoms with Gasteiger partial charge in [-0.1, -0.05) is 27.7 Å². The van der Waals surface area contributed by atoms with Gasteiger partial charge in [0.25, 0.3) is 0 Å². The van der Waals surface area contributed by atoms with Crippen molar-refractivity contribution in [3.8, 4) is 0 Å². The van der Waals surface area contributed by atoms with E-state index >= 15 is 0 Å². The van der Waals surface area contributed by atoms with E-state index in [2.05, 4.69) is 27.7 Å². The van der Waals surface area contributed by atoms with Crippen LogP contribution < -0.4 is 5.73 Å². The van der Waals surface area contributed by atoms with Crippen LogP contribution in [0.5, 0.6) is 0 Å². The zero-order chi connectivity index (χ0) is 12.7. The molecule has 16 heavy (non-hydrogen) atoms. The minimum Gasteiger partial charge on any atom is -0.480 e. The third-order valence-corrected chi connectivity index (χ3v) is 2.90. The summed E-state index contributed by atoms with van der Waals surface area (Å²) in [5, 5.41) is 9.17. The number of hydrogen-bond acceptors (Lipinski definition) is 3. The predicted molar refractivity (Wildman–Crippen MR) is 66.4 cm³/mol. The fourth-order valence-electron chi connectivity index (χ4n) is 2.09. The van der Waals surface area contributed by atoms with E-state index in [0.29, 0.717) is 12.0 Å². The molecule has 0 aromatic carbocycles. The molecule has 1 atom stereocenters. The standard InChI is InChI=1S/C12H26N2O2/c1-5-10(6-2)14(8-9(3)4)11(7-13)12(15)16/h9-11H,5-8,13H2,1-4H3,(H,15,16). The fourth-order valence-corrected chi connectivity index (χ4v) is 2.09. The van der Waals surface area contributed by atoms with Gasteiger partial charge in [0.2, 0.25) is 0 Å². The fraction of sp³-hybridized carbons (Fsp3) is 0.917. The van der Waals surface area contributed by atoms with Crippen LogP contribution in [-0.2, 0) is 4.79 Å². The lowest BCUT2D eigenvalue weighted by atomic mass is 10.0. The first-order valence-electron chi connectivity index (χ1n) is 6.16. The Morgan fingerprint density at radius 2 is 1.81 bits per heavy atom. The highest BCUT2D eigenvalue weighted by Gasteiger charge is 2.28. The molecule has 0 saturated heterocycles. The van der Waals surface area contributed by atoms with Gasteiger partial charge < -0.3 is 10.8 Å². The van der Waals surface area contributed by atoms with Gasteiger partial charge >= 0.3 is 5.97 Å². The third-order valence-electron chi connectivity index (χ3n) is 2.90. The van der Waals surface area contributed by atoms with Crippen molar-refractivity contribution >= 4 is 5.97 Å². The van der Waals surface area contributed by atoms with Crippen molar-refractivity contribution < 1.29 is 9.90 Å². The van der Waals surface area contributed by atoms with Gasteiger partial charge in [-0.05, 0) is 18.8 Å². The molecule has 0 aliphatic rings. The summed E-state index contributed by atoms with van der Waals surface area (Å²) in [4.78, 5) is 13.2. The maximum absolute atomic E-state index is 11.2. The van der Waals surface area contributed by atoms with Crippen molar-refractivity contribution in [3.05, 3.63) is 0 Å². The second-order valence-corrected chi connectivity index (χ2v) is 4.65. The molecular formula is C12H26N2O2. The number of carboxylic acids is 1. The zero-order valence-electron chi connectivity index (χ0n) is 10.9. The third kappa shape index (κ3) is 4.49. The van der Waals surface area contributed by atoms with Crippen LogP contribution in [0, 0.1) is 5.92 Å². The van der Waals surface area contributed by atoms with Crippen LogP contribution in [0.3, 0.4) is 0 Å². The van der Waals surface area contributed by atoms with Crippen LogP contribution in [0.15, 0.2) is 0 Å². The summed E-state index contributed by atoms with van der Waals surface area (Å²) >= 11 is 0. The van der Waals surface area contributed by atoms with Crippen molar-refractivity contribution in [2.75, 3.05) is 13.1 Å². The number of aliphatic carboxylic acids is 1. The number of carbonyl (C=O) groups is 1. The molecule has 0 fully saturated rings. The summed E-state index contributed by atoms with van der Waals surface area (Å²) in [6.45, 7) is 9.36. The molecule has 0 aliphatic heterocycles. The quantitative estimate of drug-likeness (QED) is 0.664. The lowest BCUT2D eigenvalue weighted by molar-refractivity contribution is -0.144. The molecule has 4 heteroatoms. The molecule has 0 radical (unpaired) electrons. The summed E-state index contributed by atoms with van der Waals surface area (Å²) in [7, 11) is 0. The molecule has 4 nitrogen and oxygen atoms in total. The van der Waals surface area contributed by atoms with Crippen molar-refractivity contribution in [2.24, 2.45) is 11.7 Å². The molecule has 0 aliphatic carbocycles. The molecule has 3 N–H and O–H groups in total. The number of nitrogens with zero attached hydrogens (tertiary/aromatic N) is 1. The number of carboxylic acid groups (broad SMARTS) is 1. The lowest BCUT2D eigenvalue weighted by Crippen LogP contribution is -2.52. The Balaban J connectivity index is 4.80. The summed E-state index contributed by atoms with van der Waals surface area (Å²) < 4.78 is 0. The molecule has 0 aromatic heterocycles. The Morgan fingerprint density at radius 3 is 2.06 bits per heavy atom. The van der Waals surface area contributed by atoms with Gasteiger partial charge in [-0.25, -0.2) is 0 Å². The molecule has 0 spiro atoms. The van der Waals surface area contributed by atoms with Gasteiger partial charge in [0.15, 0.2) is 0 Å². The van der Waals surface area contributed by atoms with Gasteiger partial charge in [-0.3, -0.25) is 9.69 Å². The summed E-state index contributed by atoms with van der Waals surface area (Å²) in [5.41, 5.74) is 5.58. The van der Waals surface area contributed by atoms with Crippen LogP contribution in [-0.4, -0.2) is 41.1 Å². The first kappa shape index (κ1) is 15.4. The van der Waals surface area contributed by atoms with Crippen LogP contribution >= 0.6 is 0 Å². The van der Waals surface area contributed by atoms with Gasteiger partial charge in [-0.2, -0.15) is 0 Å².